The first-order valence-corrected chi connectivity index (χ1v) is 9.81. The van der Waals surface area contributed by atoms with E-state index in [0.717, 1.165) is 10.5 Å². The lowest BCUT2D eigenvalue weighted by molar-refractivity contribution is -0.142. The molecule has 1 N–H and O–H groups in total. The monoisotopic (exact) mass is 401 g/mol. The van der Waals surface area contributed by atoms with Gasteiger partial charge in [-0.1, -0.05) is 42.0 Å². The van der Waals surface area contributed by atoms with Gasteiger partial charge in [0.1, 0.15) is 6.54 Å². The van der Waals surface area contributed by atoms with Gasteiger partial charge >= 0.3 is 0 Å². The summed E-state index contributed by atoms with van der Waals surface area (Å²) in [5, 5.41) is 5.43. The number of hydrogen-bond donors (Lipinski definition) is 1. The van der Waals surface area contributed by atoms with E-state index < -0.39 is 5.91 Å². The van der Waals surface area contributed by atoms with Crippen LogP contribution in [0.1, 0.15) is 12.8 Å². The van der Waals surface area contributed by atoms with E-state index in [1.54, 1.807) is 11.4 Å². The number of halogens is 1. The number of rotatable bonds is 4. The average molecular weight is 402 g/mol. The smallest absolute Gasteiger partial charge is 0.246 e. The predicted octanol–water partition coefficient (Wildman–Crippen LogP) is 3.35. The van der Waals surface area contributed by atoms with E-state index in [9.17, 15) is 14.4 Å². The number of imide groups is 1. The molecule has 0 unspecified atom stereocenters. The number of amides is 3. The van der Waals surface area contributed by atoms with Crippen LogP contribution in [0.15, 0.2) is 41.8 Å². The molecule has 1 saturated heterocycles. The molecule has 0 bridgehead atoms. The number of allylic oxidation sites excluding steroid dienone is 2. The number of aromatic nitrogens is 1. The maximum Gasteiger partial charge on any atom is 0.246 e. The lowest BCUT2D eigenvalue weighted by Gasteiger charge is -2.14. The number of carbonyl (C=O) groups excluding carboxylic acids is 3. The Morgan fingerprint density at radius 1 is 1.19 bits per heavy atom. The van der Waals surface area contributed by atoms with Crippen LogP contribution in [0, 0.1) is 11.8 Å². The third-order valence-electron chi connectivity index (χ3n) is 4.80. The Morgan fingerprint density at radius 2 is 1.85 bits per heavy atom. The Hall–Kier alpha value is -2.51. The van der Waals surface area contributed by atoms with Gasteiger partial charge in [0, 0.05) is 16.0 Å². The molecular formula is C19H16ClN3O3S. The first-order chi connectivity index (χ1) is 13.0. The van der Waals surface area contributed by atoms with Crippen molar-refractivity contribution in [3.05, 3.63) is 46.8 Å². The molecule has 2 atom stereocenters. The van der Waals surface area contributed by atoms with Crippen LogP contribution in [0.2, 0.25) is 5.02 Å². The van der Waals surface area contributed by atoms with Crippen molar-refractivity contribution in [1.29, 1.82) is 0 Å². The Balaban J connectivity index is 1.43. The second-order valence-electron chi connectivity index (χ2n) is 6.48. The summed E-state index contributed by atoms with van der Waals surface area (Å²) in [7, 11) is 0. The number of thiazole rings is 1. The molecule has 0 spiro atoms. The lowest BCUT2D eigenvalue weighted by atomic mass is 9.85. The van der Waals surface area contributed by atoms with E-state index in [-0.39, 0.29) is 30.2 Å². The Morgan fingerprint density at radius 3 is 2.52 bits per heavy atom. The SMILES string of the molecule is O=C(CN1C(=O)[C@H]2CC=CC[C@@H]2C1=O)Nc1nc(-c2ccccc2Cl)cs1. The molecule has 2 heterocycles. The van der Waals surface area contributed by atoms with Crippen LogP contribution in [0.5, 0.6) is 0 Å². The highest BCUT2D eigenvalue weighted by Crippen LogP contribution is 2.35. The molecule has 0 saturated carbocycles. The summed E-state index contributed by atoms with van der Waals surface area (Å²) >= 11 is 7.43. The van der Waals surface area contributed by atoms with E-state index in [1.165, 1.54) is 11.3 Å². The van der Waals surface area contributed by atoms with Crippen LogP contribution in [-0.4, -0.2) is 34.2 Å². The van der Waals surface area contributed by atoms with Gasteiger partial charge in [0.05, 0.1) is 17.5 Å². The van der Waals surface area contributed by atoms with E-state index in [2.05, 4.69) is 10.3 Å². The first kappa shape index (κ1) is 17.9. The van der Waals surface area contributed by atoms with Gasteiger partial charge in [-0.2, -0.15) is 0 Å². The molecule has 2 aliphatic rings. The molecule has 4 rings (SSSR count). The minimum atomic E-state index is -0.441. The molecule has 27 heavy (non-hydrogen) atoms. The topological polar surface area (TPSA) is 79.4 Å². The molecule has 2 aromatic rings. The molecule has 6 nitrogen and oxygen atoms in total. The first-order valence-electron chi connectivity index (χ1n) is 8.55. The van der Waals surface area contributed by atoms with Crippen molar-refractivity contribution in [1.82, 2.24) is 9.88 Å². The zero-order chi connectivity index (χ0) is 19.0. The highest BCUT2D eigenvalue weighted by molar-refractivity contribution is 7.14. The fourth-order valence-corrected chi connectivity index (χ4v) is 4.41. The van der Waals surface area contributed by atoms with Crippen molar-refractivity contribution in [3.8, 4) is 11.3 Å². The number of hydrogen-bond acceptors (Lipinski definition) is 5. The highest BCUT2D eigenvalue weighted by atomic mass is 35.5. The highest BCUT2D eigenvalue weighted by Gasteiger charge is 2.47. The largest absolute Gasteiger partial charge is 0.300 e. The van der Waals surface area contributed by atoms with Crippen molar-refractivity contribution in [2.24, 2.45) is 11.8 Å². The maximum atomic E-state index is 12.4. The van der Waals surface area contributed by atoms with Gasteiger partial charge < -0.3 is 5.32 Å². The fourth-order valence-electron chi connectivity index (χ4n) is 3.45. The molecule has 138 valence electrons. The normalized spacial score (nSPS) is 21.4. The number of fused-ring (bicyclic) bond motifs is 1. The molecule has 1 aromatic heterocycles. The lowest BCUT2D eigenvalue weighted by Crippen LogP contribution is -2.38. The maximum absolute atomic E-state index is 12.4. The van der Waals surface area contributed by atoms with Crippen LogP contribution in [0.4, 0.5) is 5.13 Å². The zero-order valence-electron chi connectivity index (χ0n) is 14.2. The zero-order valence-corrected chi connectivity index (χ0v) is 15.8. The van der Waals surface area contributed by atoms with Gasteiger partial charge in [-0.3, -0.25) is 19.3 Å². The molecule has 1 fully saturated rings. The number of carbonyl (C=O) groups is 3. The van der Waals surface area contributed by atoms with Crippen LogP contribution in [-0.2, 0) is 14.4 Å². The molecule has 1 aliphatic heterocycles. The number of likely N-dealkylation sites (tertiary alicyclic amines) is 1. The predicted molar refractivity (Wildman–Crippen MR) is 103 cm³/mol. The van der Waals surface area contributed by atoms with Crippen molar-refractivity contribution in [2.45, 2.75) is 12.8 Å². The van der Waals surface area contributed by atoms with Crippen LogP contribution in [0.3, 0.4) is 0 Å². The van der Waals surface area contributed by atoms with Crippen molar-refractivity contribution in [3.63, 3.8) is 0 Å². The standard InChI is InChI=1S/C19H16ClN3O3S/c20-14-8-4-3-7-13(14)15-10-27-19(21-15)22-16(24)9-23-17(25)11-5-1-2-6-12(11)18(23)26/h1-4,7-8,10-12H,5-6,9H2,(H,21,22,24)/t11-,12-/m0/s1. The summed E-state index contributed by atoms with van der Waals surface area (Å²) in [5.74, 6) is -1.63. The van der Waals surface area contributed by atoms with Gasteiger partial charge in [-0.25, -0.2) is 4.98 Å². The van der Waals surface area contributed by atoms with Crippen molar-refractivity contribution in [2.75, 3.05) is 11.9 Å². The van der Waals surface area contributed by atoms with E-state index in [4.69, 9.17) is 11.6 Å². The summed E-state index contributed by atoms with van der Waals surface area (Å²) in [6, 6.07) is 7.31. The summed E-state index contributed by atoms with van der Waals surface area (Å²) in [5.41, 5.74) is 1.43. The van der Waals surface area contributed by atoms with Gasteiger partial charge in [0.15, 0.2) is 5.13 Å². The van der Waals surface area contributed by atoms with Gasteiger partial charge in [0.2, 0.25) is 17.7 Å². The van der Waals surface area contributed by atoms with Crippen LogP contribution < -0.4 is 5.32 Å². The summed E-state index contributed by atoms with van der Waals surface area (Å²) in [6.07, 6.45) is 4.95. The van der Waals surface area contributed by atoms with Gasteiger partial charge in [0.25, 0.3) is 0 Å². The minimum absolute atomic E-state index is 0.264. The second-order valence-corrected chi connectivity index (χ2v) is 7.75. The average Bonchev–Trinajstić information content (AvgIpc) is 3.21. The quantitative estimate of drug-likeness (QED) is 0.629. The Bertz CT molecular complexity index is 929. The molecule has 1 aliphatic carbocycles. The van der Waals surface area contributed by atoms with E-state index in [1.807, 2.05) is 30.4 Å². The van der Waals surface area contributed by atoms with Crippen LogP contribution in [0.25, 0.3) is 11.3 Å². The molecule has 8 heteroatoms. The van der Waals surface area contributed by atoms with Crippen molar-refractivity contribution < 1.29 is 14.4 Å². The Kier molecular flexibility index (Phi) is 4.80. The van der Waals surface area contributed by atoms with Gasteiger partial charge in [-0.05, 0) is 18.9 Å². The summed E-state index contributed by atoms with van der Waals surface area (Å²) < 4.78 is 0. The number of nitrogens with zero attached hydrogens (tertiary/aromatic N) is 2. The summed E-state index contributed by atoms with van der Waals surface area (Å²) in [6.45, 7) is -0.286. The Labute approximate surface area is 164 Å². The molecular weight excluding hydrogens is 386 g/mol. The molecule has 0 radical (unpaired) electrons. The van der Waals surface area contributed by atoms with E-state index >= 15 is 0 Å². The number of anilines is 1. The van der Waals surface area contributed by atoms with Crippen LogP contribution >= 0.6 is 22.9 Å². The second kappa shape index (κ2) is 7.25. The number of nitrogens with one attached hydrogen (secondary N) is 1. The molecule has 3 amide bonds. The molecule has 1 aromatic carbocycles. The minimum Gasteiger partial charge on any atom is -0.300 e. The third-order valence-corrected chi connectivity index (χ3v) is 5.89. The summed E-state index contributed by atoms with van der Waals surface area (Å²) in [4.78, 5) is 42.6. The van der Waals surface area contributed by atoms with E-state index in [0.29, 0.717) is 28.7 Å². The fraction of sp³-hybridized carbons (Fsp3) is 0.263. The van der Waals surface area contributed by atoms with Crippen molar-refractivity contribution >= 4 is 45.8 Å². The third kappa shape index (κ3) is 3.40. The number of benzene rings is 1. The van der Waals surface area contributed by atoms with Gasteiger partial charge in [-0.15, -0.1) is 11.3 Å².